The van der Waals surface area contributed by atoms with Crippen LogP contribution < -0.4 is 5.30 Å². The maximum Gasteiger partial charge on any atom is 0.117 e. The molecule has 152 valence electrons. The third-order valence-electron chi connectivity index (χ3n) is 4.99. The molecule has 4 heteroatoms. The summed E-state index contributed by atoms with van der Waals surface area (Å²) in [7, 11) is 0. The summed E-state index contributed by atoms with van der Waals surface area (Å²) in [5, 5.41) is 1.12. The first-order valence-electron chi connectivity index (χ1n) is 9.89. The van der Waals surface area contributed by atoms with Gasteiger partial charge in [0.05, 0.1) is 0 Å². The van der Waals surface area contributed by atoms with Crippen molar-refractivity contribution in [3.8, 4) is 0 Å². The van der Waals surface area contributed by atoms with Gasteiger partial charge < -0.3 is 0 Å². The van der Waals surface area contributed by atoms with Crippen LogP contribution >= 0.6 is 29.1 Å². The lowest BCUT2D eigenvalue weighted by molar-refractivity contribution is 0.248. The SMILES string of the molecule is CC(C)(C)c1cccc(CN(Cc2ccccc2)Cc2ccccc2)c1P(Cl)Cl. The number of benzene rings is 3. The number of hydrogen-bond acceptors (Lipinski definition) is 1. The molecule has 29 heavy (non-hydrogen) atoms. The molecule has 0 saturated carbocycles. The molecule has 3 aromatic carbocycles. The van der Waals surface area contributed by atoms with Gasteiger partial charge in [-0.2, -0.15) is 0 Å². The quantitative estimate of drug-likeness (QED) is 0.339. The Labute approximate surface area is 186 Å². The van der Waals surface area contributed by atoms with E-state index in [4.69, 9.17) is 22.5 Å². The van der Waals surface area contributed by atoms with Gasteiger partial charge in [0, 0.05) is 24.9 Å². The predicted molar refractivity (Wildman–Crippen MR) is 129 cm³/mol. The molecule has 3 aromatic rings. The van der Waals surface area contributed by atoms with Crippen LogP contribution in [0.4, 0.5) is 0 Å². The van der Waals surface area contributed by atoms with E-state index in [1.807, 2.05) is 0 Å². The van der Waals surface area contributed by atoms with Crippen molar-refractivity contribution in [3.05, 3.63) is 101 Å². The normalized spacial score (nSPS) is 12.0. The maximum atomic E-state index is 6.54. The minimum absolute atomic E-state index is 0.000598. The van der Waals surface area contributed by atoms with Crippen LogP contribution in [0.5, 0.6) is 0 Å². The Morgan fingerprint density at radius 2 is 1.21 bits per heavy atom. The third kappa shape index (κ3) is 6.30. The minimum atomic E-state index is -1.23. The topological polar surface area (TPSA) is 3.24 Å². The van der Waals surface area contributed by atoms with E-state index < -0.39 is 6.63 Å². The average molecular weight is 444 g/mol. The highest BCUT2D eigenvalue weighted by Gasteiger charge is 2.24. The van der Waals surface area contributed by atoms with Crippen LogP contribution in [0.15, 0.2) is 78.9 Å². The van der Waals surface area contributed by atoms with E-state index in [1.54, 1.807) is 0 Å². The van der Waals surface area contributed by atoms with Crippen molar-refractivity contribution in [3.63, 3.8) is 0 Å². The molecule has 0 aromatic heterocycles. The van der Waals surface area contributed by atoms with Crippen LogP contribution in [0, 0.1) is 0 Å². The van der Waals surface area contributed by atoms with Gasteiger partial charge in [0.2, 0.25) is 0 Å². The Hall–Kier alpha value is -1.37. The fourth-order valence-electron chi connectivity index (χ4n) is 3.62. The van der Waals surface area contributed by atoms with E-state index in [0.717, 1.165) is 24.9 Å². The first-order valence-corrected chi connectivity index (χ1v) is 13.0. The minimum Gasteiger partial charge on any atom is -0.291 e. The lowest BCUT2D eigenvalue weighted by Crippen LogP contribution is -2.28. The highest BCUT2D eigenvalue weighted by atomic mass is 35.9. The molecular formula is C25H28Cl2NP. The summed E-state index contributed by atoms with van der Waals surface area (Å²) in [5.41, 5.74) is 5.07. The smallest absolute Gasteiger partial charge is 0.117 e. The second kappa shape index (κ2) is 10.1. The Kier molecular flexibility index (Phi) is 7.77. The zero-order valence-corrected chi connectivity index (χ0v) is 19.7. The second-order valence-corrected chi connectivity index (χ2v) is 11.9. The summed E-state index contributed by atoms with van der Waals surface area (Å²) < 4.78 is 0. The molecule has 0 saturated heterocycles. The highest BCUT2D eigenvalue weighted by Crippen LogP contribution is 2.49. The zero-order chi connectivity index (χ0) is 20.9. The molecule has 1 nitrogen and oxygen atoms in total. The third-order valence-corrected chi connectivity index (χ3v) is 6.87. The van der Waals surface area contributed by atoms with Crippen molar-refractivity contribution < 1.29 is 0 Å². The van der Waals surface area contributed by atoms with Crippen molar-refractivity contribution in [2.45, 2.75) is 45.8 Å². The van der Waals surface area contributed by atoms with Gasteiger partial charge >= 0.3 is 0 Å². The number of rotatable bonds is 7. The molecular weight excluding hydrogens is 416 g/mol. The summed E-state index contributed by atoms with van der Waals surface area (Å²) in [6.45, 7) is 7.97. The standard InChI is InChI=1S/C25H28Cl2NP/c1-25(2,3)23-16-10-15-22(24(23)29(26)27)19-28(17-20-11-6-4-7-12-20)18-21-13-8-5-9-14-21/h4-16H,17-19H2,1-3H3. The van der Waals surface area contributed by atoms with Crippen LogP contribution in [-0.2, 0) is 25.0 Å². The maximum absolute atomic E-state index is 6.54. The molecule has 0 bridgehead atoms. The molecule has 0 fully saturated rings. The molecule has 0 amide bonds. The van der Waals surface area contributed by atoms with E-state index in [1.165, 1.54) is 22.3 Å². The Bertz CT molecular complexity index is 864. The van der Waals surface area contributed by atoms with Crippen molar-refractivity contribution >= 4 is 34.4 Å². The Balaban J connectivity index is 1.95. The van der Waals surface area contributed by atoms with E-state index in [0.29, 0.717) is 0 Å². The molecule has 0 heterocycles. The monoisotopic (exact) mass is 443 g/mol. The van der Waals surface area contributed by atoms with Crippen LogP contribution in [0.1, 0.15) is 43.0 Å². The molecule has 0 atom stereocenters. The van der Waals surface area contributed by atoms with E-state index in [-0.39, 0.29) is 5.41 Å². The van der Waals surface area contributed by atoms with Gasteiger partial charge in [-0.3, -0.25) is 4.90 Å². The van der Waals surface area contributed by atoms with Gasteiger partial charge in [0.1, 0.15) is 6.63 Å². The molecule has 0 spiro atoms. The summed E-state index contributed by atoms with van der Waals surface area (Å²) in [6.07, 6.45) is 0. The van der Waals surface area contributed by atoms with Crippen LogP contribution in [0.3, 0.4) is 0 Å². The Morgan fingerprint density at radius 3 is 1.66 bits per heavy atom. The molecule has 3 rings (SSSR count). The Morgan fingerprint density at radius 1 is 0.690 bits per heavy atom. The first-order chi connectivity index (χ1) is 13.8. The van der Waals surface area contributed by atoms with Gasteiger partial charge in [0.25, 0.3) is 0 Å². The largest absolute Gasteiger partial charge is 0.291 e. The van der Waals surface area contributed by atoms with Crippen molar-refractivity contribution in [1.29, 1.82) is 0 Å². The van der Waals surface area contributed by atoms with Gasteiger partial charge in [-0.1, -0.05) is 122 Å². The fourth-order valence-corrected chi connectivity index (χ4v) is 5.77. The summed E-state index contributed by atoms with van der Waals surface area (Å²) >= 11 is 13.1. The average Bonchev–Trinajstić information content (AvgIpc) is 2.68. The molecule has 0 aliphatic rings. The lowest BCUT2D eigenvalue weighted by Gasteiger charge is -2.28. The summed E-state index contributed by atoms with van der Waals surface area (Å²) in [4.78, 5) is 2.46. The molecule has 0 aliphatic heterocycles. The van der Waals surface area contributed by atoms with Crippen molar-refractivity contribution in [1.82, 2.24) is 4.90 Å². The number of nitrogens with zero attached hydrogens (tertiary/aromatic N) is 1. The van der Waals surface area contributed by atoms with Crippen molar-refractivity contribution in [2.24, 2.45) is 0 Å². The zero-order valence-electron chi connectivity index (χ0n) is 17.3. The van der Waals surface area contributed by atoms with Gasteiger partial charge in [-0.25, -0.2) is 0 Å². The van der Waals surface area contributed by atoms with Gasteiger partial charge in [-0.05, 0) is 27.7 Å². The molecule has 0 radical (unpaired) electrons. The first kappa shape index (κ1) is 22.3. The van der Waals surface area contributed by atoms with Crippen LogP contribution in [0.2, 0.25) is 0 Å². The molecule has 0 N–H and O–H groups in total. The molecule has 0 aliphatic carbocycles. The van der Waals surface area contributed by atoms with Gasteiger partial charge in [0.15, 0.2) is 0 Å². The van der Waals surface area contributed by atoms with E-state index >= 15 is 0 Å². The number of hydrogen-bond donors (Lipinski definition) is 0. The number of halogens is 2. The second-order valence-electron chi connectivity index (χ2n) is 8.41. The fraction of sp³-hybridized carbons (Fsp3) is 0.280. The summed E-state index contributed by atoms with van der Waals surface area (Å²) in [6, 6.07) is 27.7. The lowest BCUT2D eigenvalue weighted by atomic mass is 9.86. The predicted octanol–water partition coefficient (Wildman–Crippen LogP) is 7.60. The van der Waals surface area contributed by atoms with Gasteiger partial charge in [-0.15, -0.1) is 0 Å². The van der Waals surface area contributed by atoms with E-state index in [9.17, 15) is 0 Å². The highest BCUT2D eigenvalue weighted by molar-refractivity contribution is 8.09. The summed E-state index contributed by atoms with van der Waals surface area (Å²) in [5.74, 6) is 0. The van der Waals surface area contributed by atoms with Crippen LogP contribution in [0.25, 0.3) is 0 Å². The van der Waals surface area contributed by atoms with Crippen LogP contribution in [-0.4, -0.2) is 4.90 Å². The van der Waals surface area contributed by atoms with E-state index in [2.05, 4.69) is 105 Å². The van der Waals surface area contributed by atoms with Crippen molar-refractivity contribution in [2.75, 3.05) is 0 Å². The molecule has 0 unspecified atom stereocenters.